The fourth-order valence-electron chi connectivity index (χ4n) is 2.03. The van der Waals surface area contributed by atoms with Crippen LogP contribution in [0.25, 0.3) is 0 Å². The second-order valence-corrected chi connectivity index (χ2v) is 5.03. The van der Waals surface area contributed by atoms with E-state index < -0.39 is 10.8 Å². The van der Waals surface area contributed by atoms with E-state index in [0.717, 1.165) is 5.56 Å². The summed E-state index contributed by atoms with van der Waals surface area (Å²) in [6, 6.07) is 12.0. The summed E-state index contributed by atoms with van der Waals surface area (Å²) in [5, 5.41) is 14.5. The zero-order chi connectivity index (χ0) is 15.4. The van der Waals surface area contributed by atoms with Gasteiger partial charge in [-0.3, -0.25) is 14.9 Å². The van der Waals surface area contributed by atoms with Crippen LogP contribution >= 0.6 is 15.9 Å². The van der Waals surface area contributed by atoms with Crippen LogP contribution in [0.15, 0.2) is 42.5 Å². The Balaban J connectivity index is 2.38. The zero-order valence-electron chi connectivity index (χ0n) is 11.3. The van der Waals surface area contributed by atoms with E-state index in [-0.39, 0.29) is 11.3 Å². The number of carbonyl (C=O) groups excluding carboxylic acids is 1. The summed E-state index contributed by atoms with van der Waals surface area (Å²) in [5.74, 6) is -0.487. The number of nitro groups is 1. The number of amides is 1. The number of hydrogen-bond donors (Lipinski definition) is 1. The van der Waals surface area contributed by atoms with Crippen LogP contribution in [0.1, 0.15) is 21.5 Å². The van der Waals surface area contributed by atoms with E-state index in [2.05, 4.69) is 21.2 Å². The van der Waals surface area contributed by atoms with Gasteiger partial charge in [-0.25, -0.2) is 0 Å². The third-order valence-corrected chi connectivity index (χ3v) is 3.68. The third kappa shape index (κ3) is 3.28. The number of nitrogens with one attached hydrogen (secondary N) is 1. The maximum Gasteiger partial charge on any atom is 0.285 e. The Kier molecular flexibility index (Phi) is 4.70. The van der Waals surface area contributed by atoms with Crippen molar-refractivity contribution in [2.45, 2.75) is 12.3 Å². The zero-order valence-corrected chi connectivity index (χ0v) is 12.9. The van der Waals surface area contributed by atoms with Crippen LogP contribution in [0.3, 0.4) is 0 Å². The van der Waals surface area contributed by atoms with Crippen LogP contribution in [0.2, 0.25) is 0 Å². The number of carbonyl (C=O) groups is 1. The van der Waals surface area contributed by atoms with Crippen LogP contribution in [-0.2, 0) is 5.33 Å². The van der Waals surface area contributed by atoms with E-state index in [4.69, 9.17) is 0 Å². The van der Waals surface area contributed by atoms with Gasteiger partial charge in [0.1, 0.15) is 5.56 Å². The highest BCUT2D eigenvalue weighted by Crippen LogP contribution is 2.25. The number of nitrogens with zero attached hydrogens (tertiary/aromatic N) is 1. The summed E-state index contributed by atoms with van der Waals surface area (Å²) < 4.78 is 0. The van der Waals surface area contributed by atoms with Crippen LogP contribution in [0.4, 0.5) is 11.4 Å². The molecule has 0 aromatic heterocycles. The van der Waals surface area contributed by atoms with Gasteiger partial charge in [-0.2, -0.15) is 0 Å². The number of anilines is 1. The number of benzene rings is 2. The van der Waals surface area contributed by atoms with E-state index in [1.165, 1.54) is 6.07 Å². The molecule has 5 nitrogen and oxygen atoms in total. The molecule has 0 aliphatic rings. The summed E-state index contributed by atoms with van der Waals surface area (Å²) >= 11 is 3.34. The van der Waals surface area contributed by atoms with E-state index >= 15 is 0 Å². The predicted octanol–water partition coefficient (Wildman–Crippen LogP) is 4.05. The minimum atomic E-state index is -0.527. The Morgan fingerprint density at radius 1 is 1.24 bits per heavy atom. The Labute approximate surface area is 130 Å². The highest BCUT2D eigenvalue weighted by atomic mass is 79.9. The smallest absolute Gasteiger partial charge is 0.285 e. The largest absolute Gasteiger partial charge is 0.321 e. The molecule has 0 radical (unpaired) electrons. The number of aryl methyl sites for hydroxylation is 1. The summed E-state index contributed by atoms with van der Waals surface area (Å²) in [7, 11) is 0. The van der Waals surface area contributed by atoms with E-state index in [0.29, 0.717) is 16.6 Å². The highest BCUT2D eigenvalue weighted by molar-refractivity contribution is 9.08. The van der Waals surface area contributed by atoms with Crippen LogP contribution in [0, 0.1) is 17.0 Å². The Hall–Kier alpha value is -2.21. The van der Waals surface area contributed by atoms with Crippen molar-refractivity contribution in [1.82, 2.24) is 0 Å². The van der Waals surface area contributed by atoms with E-state index in [1.807, 2.05) is 12.1 Å². The van der Waals surface area contributed by atoms with Gasteiger partial charge in [-0.05, 0) is 24.6 Å². The molecule has 0 aliphatic heterocycles. The van der Waals surface area contributed by atoms with Crippen molar-refractivity contribution in [3.8, 4) is 0 Å². The molecule has 0 saturated heterocycles. The van der Waals surface area contributed by atoms with Crippen LogP contribution in [0.5, 0.6) is 0 Å². The Bertz CT molecular complexity index is 701. The monoisotopic (exact) mass is 348 g/mol. The van der Waals surface area contributed by atoms with Gasteiger partial charge < -0.3 is 5.32 Å². The number of alkyl halides is 1. The van der Waals surface area contributed by atoms with Gasteiger partial charge in [0.05, 0.1) is 4.92 Å². The van der Waals surface area contributed by atoms with Crippen molar-refractivity contribution >= 4 is 33.2 Å². The molecule has 2 aromatic rings. The lowest BCUT2D eigenvalue weighted by Crippen LogP contribution is -2.15. The van der Waals surface area contributed by atoms with Crippen molar-refractivity contribution in [2.24, 2.45) is 0 Å². The normalized spacial score (nSPS) is 10.2. The highest BCUT2D eigenvalue weighted by Gasteiger charge is 2.22. The topological polar surface area (TPSA) is 72.2 Å². The Morgan fingerprint density at radius 3 is 2.62 bits per heavy atom. The first kappa shape index (κ1) is 15.2. The van der Waals surface area contributed by atoms with E-state index in [9.17, 15) is 14.9 Å². The second-order valence-electron chi connectivity index (χ2n) is 4.47. The minimum Gasteiger partial charge on any atom is -0.321 e. The first-order valence-electron chi connectivity index (χ1n) is 6.24. The summed E-state index contributed by atoms with van der Waals surface area (Å²) in [5.41, 5.74) is 1.90. The van der Waals surface area contributed by atoms with Gasteiger partial charge in [0, 0.05) is 16.6 Å². The molecule has 1 amide bonds. The lowest BCUT2D eigenvalue weighted by atomic mass is 10.1. The molecule has 0 fully saturated rings. The van der Waals surface area contributed by atoms with Crippen LogP contribution < -0.4 is 5.32 Å². The van der Waals surface area contributed by atoms with Gasteiger partial charge in [-0.1, -0.05) is 46.3 Å². The van der Waals surface area contributed by atoms with Gasteiger partial charge in [0.25, 0.3) is 11.6 Å². The fourth-order valence-corrected chi connectivity index (χ4v) is 2.52. The van der Waals surface area contributed by atoms with Gasteiger partial charge in [0.2, 0.25) is 0 Å². The van der Waals surface area contributed by atoms with Gasteiger partial charge in [0.15, 0.2) is 0 Å². The summed E-state index contributed by atoms with van der Waals surface area (Å²) in [6.07, 6.45) is 0. The average Bonchev–Trinajstić information content (AvgIpc) is 2.47. The minimum absolute atomic E-state index is 0.0596. The quantitative estimate of drug-likeness (QED) is 0.514. The van der Waals surface area contributed by atoms with Gasteiger partial charge in [-0.15, -0.1) is 0 Å². The summed E-state index contributed by atoms with van der Waals surface area (Å²) in [4.78, 5) is 22.9. The molecule has 0 saturated carbocycles. The molecule has 2 aromatic carbocycles. The van der Waals surface area contributed by atoms with Crippen molar-refractivity contribution in [1.29, 1.82) is 0 Å². The van der Waals surface area contributed by atoms with Crippen molar-refractivity contribution in [2.75, 3.05) is 5.32 Å². The molecule has 1 N–H and O–H groups in total. The van der Waals surface area contributed by atoms with Crippen molar-refractivity contribution in [3.63, 3.8) is 0 Å². The average molecular weight is 349 g/mol. The molecule has 6 heteroatoms. The summed E-state index contributed by atoms with van der Waals surface area (Å²) in [6.45, 7) is 1.61. The van der Waals surface area contributed by atoms with Crippen LogP contribution in [-0.4, -0.2) is 10.8 Å². The first-order chi connectivity index (χ1) is 10.0. The SMILES string of the molecule is Cc1cccc(C(=O)Nc2ccccc2CBr)c1[N+](=O)[O-]. The Morgan fingerprint density at radius 2 is 1.95 bits per heavy atom. The lowest BCUT2D eigenvalue weighted by Gasteiger charge is -2.10. The van der Waals surface area contributed by atoms with Gasteiger partial charge >= 0.3 is 0 Å². The first-order valence-corrected chi connectivity index (χ1v) is 7.36. The maximum absolute atomic E-state index is 12.3. The molecule has 21 heavy (non-hydrogen) atoms. The maximum atomic E-state index is 12.3. The van der Waals surface area contributed by atoms with Crippen molar-refractivity contribution < 1.29 is 9.72 Å². The number of hydrogen-bond acceptors (Lipinski definition) is 3. The molecule has 0 aliphatic carbocycles. The molecule has 0 bridgehead atoms. The molecule has 0 spiro atoms. The second kappa shape index (κ2) is 6.49. The molecular weight excluding hydrogens is 336 g/mol. The number of para-hydroxylation sites is 2. The molecule has 0 heterocycles. The standard InChI is InChI=1S/C15H13BrN2O3/c1-10-5-4-7-12(14(10)18(20)21)15(19)17-13-8-3-2-6-11(13)9-16/h2-8H,9H2,1H3,(H,17,19). The number of nitro benzene ring substituents is 1. The lowest BCUT2D eigenvalue weighted by molar-refractivity contribution is -0.385. The molecule has 0 unspecified atom stereocenters. The molecular formula is C15H13BrN2O3. The fraction of sp³-hybridized carbons (Fsp3) is 0.133. The third-order valence-electron chi connectivity index (χ3n) is 3.07. The molecule has 2 rings (SSSR count). The molecule has 0 atom stereocenters. The predicted molar refractivity (Wildman–Crippen MR) is 84.9 cm³/mol. The van der Waals surface area contributed by atoms with E-state index in [1.54, 1.807) is 31.2 Å². The van der Waals surface area contributed by atoms with Crippen molar-refractivity contribution in [3.05, 3.63) is 69.3 Å². The number of rotatable bonds is 4. The molecule has 108 valence electrons. The number of halogens is 1.